The lowest BCUT2D eigenvalue weighted by molar-refractivity contribution is -0.116. The molecule has 3 aromatic rings. The van der Waals surface area contributed by atoms with Crippen LogP contribution in [-0.4, -0.2) is 35.5 Å². The molecule has 1 heterocycles. The van der Waals surface area contributed by atoms with E-state index in [0.717, 1.165) is 0 Å². The number of hydrogen-bond donors (Lipinski definition) is 1. The molecule has 30 heavy (non-hydrogen) atoms. The second-order valence-corrected chi connectivity index (χ2v) is 6.60. The summed E-state index contributed by atoms with van der Waals surface area (Å²) in [5.41, 5.74) is 1.86. The number of carbonyl (C=O) groups excluding carboxylic acids is 2. The van der Waals surface area contributed by atoms with Crippen LogP contribution >= 0.6 is 0 Å². The highest BCUT2D eigenvalue weighted by molar-refractivity contribution is 5.95. The number of ketones is 1. The van der Waals surface area contributed by atoms with Crippen LogP contribution in [0.25, 0.3) is 11.4 Å². The van der Waals surface area contributed by atoms with Crippen molar-refractivity contribution in [2.24, 2.45) is 0 Å². The quantitative estimate of drug-likeness (QED) is 0.420. The van der Waals surface area contributed by atoms with E-state index in [4.69, 9.17) is 14.0 Å². The third-order valence-electron chi connectivity index (χ3n) is 4.35. The molecule has 0 aliphatic heterocycles. The number of Topliss-reactive ketones (excluding diaryl/α,β-unsaturated/α-hetero) is 1. The van der Waals surface area contributed by atoms with Crippen molar-refractivity contribution in [3.05, 3.63) is 53.9 Å². The van der Waals surface area contributed by atoms with Gasteiger partial charge in [0.25, 0.3) is 0 Å². The van der Waals surface area contributed by atoms with Gasteiger partial charge in [0.1, 0.15) is 0 Å². The molecule has 1 N–H and O–H groups in total. The number of methoxy groups -OCH3 is 1. The van der Waals surface area contributed by atoms with E-state index in [9.17, 15) is 9.59 Å². The molecule has 0 saturated carbocycles. The Morgan fingerprint density at radius 3 is 2.63 bits per heavy atom. The summed E-state index contributed by atoms with van der Waals surface area (Å²) < 4.78 is 16.0. The summed E-state index contributed by atoms with van der Waals surface area (Å²) in [5.74, 6) is 1.69. The first-order valence-electron chi connectivity index (χ1n) is 9.49. The molecule has 0 fully saturated rings. The zero-order chi connectivity index (χ0) is 21.5. The number of aromatic nitrogens is 2. The molecule has 2 aromatic carbocycles. The largest absolute Gasteiger partial charge is 0.493 e. The van der Waals surface area contributed by atoms with Crippen molar-refractivity contribution in [1.82, 2.24) is 10.1 Å². The van der Waals surface area contributed by atoms with Crippen LogP contribution in [0.3, 0.4) is 0 Å². The maximum atomic E-state index is 12.4. The Labute approximate surface area is 174 Å². The minimum atomic E-state index is -0.148. The maximum Gasteiger partial charge on any atom is 0.224 e. The number of aryl methyl sites for hydroxylation is 1. The van der Waals surface area contributed by atoms with Crippen molar-refractivity contribution >= 4 is 17.4 Å². The fraction of sp³-hybridized carbons (Fsp3) is 0.273. The van der Waals surface area contributed by atoms with Gasteiger partial charge < -0.3 is 19.3 Å². The molecule has 0 saturated heterocycles. The highest BCUT2D eigenvalue weighted by atomic mass is 16.5. The van der Waals surface area contributed by atoms with Gasteiger partial charge in [-0.2, -0.15) is 4.98 Å². The summed E-state index contributed by atoms with van der Waals surface area (Å²) >= 11 is 0. The summed E-state index contributed by atoms with van der Waals surface area (Å²) in [7, 11) is 1.52. The molecular weight excluding hydrogens is 386 g/mol. The lowest BCUT2D eigenvalue weighted by Gasteiger charge is -2.12. The standard InChI is InChI=1S/C22H23N3O5/c1-14(26)16-10-11-19(20(13-16)28-3)29-12-6-9-21(27)24-18-8-5-4-7-17(18)22-23-15(2)30-25-22/h4-5,7-8,10-11,13H,6,9,12H2,1-3H3,(H,24,27). The van der Waals surface area contributed by atoms with E-state index < -0.39 is 0 Å². The zero-order valence-corrected chi connectivity index (χ0v) is 17.1. The van der Waals surface area contributed by atoms with E-state index in [1.165, 1.54) is 14.0 Å². The lowest BCUT2D eigenvalue weighted by atomic mass is 10.1. The van der Waals surface area contributed by atoms with Crippen LogP contribution in [0, 0.1) is 6.92 Å². The van der Waals surface area contributed by atoms with Gasteiger partial charge in [-0.15, -0.1) is 0 Å². The lowest BCUT2D eigenvalue weighted by Crippen LogP contribution is -2.13. The van der Waals surface area contributed by atoms with Crippen LogP contribution < -0.4 is 14.8 Å². The van der Waals surface area contributed by atoms with E-state index in [0.29, 0.717) is 53.1 Å². The molecule has 0 aliphatic carbocycles. The van der Waals surface area contributed by atoms with Gasteiger partial charge >= 0.3 is 0 Å². The first-order valence-corrected chi connectivity index (χ1v) is 9.49. The molecule has 0 unspecified atom stereocenters. The van der Waals surface area contributed by atoms with Crippen molar-refractivity contribution < 1.29 is 23.6 Å². The molecule has 3 rings (SSSR count). The number of hydrogen-bond acceptors (Lipinski definition) is 7. The monoisotopic (exact) mass is 409 g/mol. The molecule has 1 aromatic heterocycles. The fourth-order valence-electron chi connectivity index (χ4n) is 2.83. The number of anilines is 1. The van der Waals surface area contributed by atoms with E-state index >= 15 is 0 Å². The van der Waals surface area contributed by atoms with Gasteiger partial charge in [-0.25, -0.2) is 0 Å². The smallest absolute Gasteiger partial charge is 0.224 e. The van der Waals surface area contributed by atoms with Gasteiger partial charge in [-0.1, -0.05) is 17.3 Å². The molecule has 1 amide bonds. The fourth-order valence-corrected chi connectivity index (χ4v) is 2.83. The Balaban J connectivity index is 1.54. The van der Waals surface area contributed by atoms with Gasteiger partial charge in [0.15, 0.2) is 17.3 Å². The van der Waals surface area contributed by atoms with Crippen LogP contribution in [-0.2, 0) is 4.79 Å². The summed E-state index contributed by atoms with van der Waals surface area (Å²) in [5, 5.41) is 6.79. The molecule has 8 heteroatoms. The second kappa shape index (κ2) is 9.69. The summed E-state index contributed by atoms with van der Waals surface area (Å²) in [4.78, 5) is 28.0. The second-order valence-electron chi connectivity index (χ2n) is 6.60. The maximum absolute atomic E-state index is 12.4. The molecule has 0 bridgehead atoms. The topological polar surface area (TPSA) is 104 Å². The van der Waals surface area contributed by atoms with Gasteiger partial charge in [-0.05, 0) is 43.7 Å². The number of nitrogens with zero attached hydrogens (tertiary/aromatic N) is 2. The Bertz CT molecular complexity index is 1040. The van der Waals surface area contributed by atoms with E-state index in [-0.39, 0.29) is 18.1 Å². The summed E-state index contributed by atoms with van der Waals surface area (Å²) in [6.07, 6.45) is 0.778. The minimum absolute atomic E-state index is 0.0483. The third-order valence-corrected chi connectivity index (χ3v) is 4.35. The van der Waals surface area contributed by atoms with E-state index in [2.05, 4.69) is 15.5 Å². The molecular formula is C22H23N3O5. The zero-order valence-electron chi connectivity index (χ0n) is 17.1. The van der Waals surface area contributed by atoms with Crippen LogP contribution in [0.4, 0.5) is 5.69 Å². The molecule has 0 aliphatic rings. The van der Waals surface area contributed by atoms with Crippen LogP contribution in [0.2, 0.25) is 0 Å². The average molecular weight is 409 g/mol. The average Bonchev–Trinajstić information content (AvgIpc) is 3.17. The number of rotatable bonds is 9. The van der Waals surface area contributed by atoms with Crippen molar-refractivity contribution in [2.75, 3.05) is 19.0 Å². The van der Waals surface area contributed by atoms with Crippen molar-refractivity contribution in [2.45, 2.75) is 26.7 Å². The first kappa shape index (κ1) is 21.0. The van der Waals surface area contributed by atoms with Gasteiger partial charge in [0.2, 0.25) is 17.6 Å². The van der Waals surface area contributed by atoms with Crippen molar-refractivity contribution in [3.8, 4) is 22.9 Å². The van der Waals surface area contributed by atoms with E-state index in [1.807, 2.05) is 18.2 Å². The number of benzene rings is 2. The summed E-state index contributed by atoms with van der Waals surface area (Å²) in [6, 6.07) is 12.3. The van der Waals surface area contributed by atoms with E-state index in [1.54, 1.807) is 31.2 Å². The van der Waals surface area contributed by atoms with Gasteiger partial charge in [0, 0.05) is 24.5 Å². The van der Waals surface area contributed by atoms with Gasteiger partial charge in [0.05, 0.1) is 19.4 Å². The third kappa shape index (κ3) is 5.22. The Hall–Kier alpha value is -3.68. The Kier molecular flexibility index (Phi) is 6.79. The van der Waals surface area contributed by atoms with Crippen molar-refractivity contribution in [1.29, 1.82) is 0 Å². The molecule has 0 radical (unpaired) electrons. The number of amides is 1. The van der Waals surface area contributed by atoms with Gasteiger partial charge in [-0.3, -0.25) is 9.59 Å². The molecule has 0 spiro atoms. The van der Waals surface area contributed by atoms with Crippen molar-refractivity contribution in [3.63, 3.8) is 0 Å². The highest BCUT2D eigenvalue weighted by Gasteiger charge is 2.13. The number of nitrogens with one attached hydrogen (secondary N) is 1. The minimum Gasteiger partial charge on any atom is -0.493 e. The number of para-hydroxylation sites is 1. The normalized spacial score (nSPS) is 10.5. The molecule has 0 atom stereocenters. The Morgan fingerprint density at radius 2 is 1.93 bits per heavy atom. The van der Waals surface area contributed by atoms with Crippen LogP contribution in [0.1, 0.15) is 36.0 Å². The molecule has 156 valence electrons. The predicted molar refractivity (Wildman–Crippen MR) is 111 cm³/mol. The number of carbonyl (C=O) groups is 2. The molecule has 8 nitrogen and oxygen atoms in total. The number of ether oxygens (including phenoxy) is 2. The van der Waals surface area contributed by atoms with Crippen LogP contribution in [0.15, 0.2) is 47.0 Å². The highest BCUT2D eigenvalue weighted by Crippen LogP contribution is 2.29. The Morgan fingerprint density at radius 1 is 1.13 bits per heavy atom. The summed E-state index contributed by atoms with van der Waals surface area (Å²) in [6.45, 7) is 3.53. The first-order chi connectivity index (χ1) is 14.5. The predicted octanol–water partition coefficient (Wildman–Crippen LogP) is 4.05. The SMILES string of the molecule is COc1cc(C(C)=O)ccc1OCCCC(=O)Nc1ccccc1-c1noc(C)n1. The van der Waals surface area contributed by atoms with Crippen LogP contribution in [0.5, 0.6) is 11.5 Å².